The fourth-order valence-corrected chi connectivity index (χ4v) is 1.54. The summed E-state index contributed by atoms with van der Waals surface area (Å²) >= 11 is 0. The molecule has 0 saturated heterocycles. The number of nitrogens with one attached hydrogen (secondary N) is 2. The lowest BCUT2D eigenvalue weighted by Gasteiger charge is -2.06. The van der Waals surface area contributed by atoms with E-state index in [1.54, 1.807) is 0 Å². The van der Waals surface area contributed by atoms with Gasteiger partial charge in [0.1, 0.15) is 0 Å². The minimum absolute atomic E-state index is 0.148. The van der Waals surface area contributed by atoms with Gasteiger partial charge in [0.15, 0.2) is 0 Å². The first kappa shape index (κ1) is 11.0. The van der Waals surface area contributed by atoms with Crippen LogP contribution in [0.2, 0.25) is 0 Å². The molecule has 0 aromatic heterocycles. The maximum atomic E-state index is 11.4. The highest BCUT2D eigenvalue weighted by Gasteiger charge is 2.21. The molecule has 1 amide bonds. The monoisotopic (exact) mass is 218 g/mol. The number of rotatable bonds is 6. The largest absolute Gasteiger partial charge is 0.385 e. The number of anilines is 1. The Kier molecular flexibility index (Phi) is 3.81. The molecule has 1 aliphatic rings. The fraction of sp³-hybridized carbons (Fsp3) is 0.462. The van der Waals surface area contributed by atoms with Crippen molar-refractivity contribution in [3.8, 4) is 0 Å². The Morgan fingerprint density at radius 3 is 2.69 bits per heavy atom. The highest BCUT2D eigenvalue weighted by Crippen LogP contribution is 2.27. The third-order valence-electron chi connectivity index (χ3n) is 2.74. The summed E-state index contributed by atoms with van der Waals surface area (Å²) in [4.78, 5) is 11.4. The smallest absolute Gasteiger partial charge is 0.221 e. The van der Waals surface area contributed by atoms with Gasteiger partial charge in [-0.05, 0) is 30.9 Å². The molecule has 1 fully saturated rings. The van der Waals surface area contributed by atoms with E-state index < -0.39 is 0 Å². The van der Waals surface area contributed by atoms with E-state index in [2.05, 4.69) is 10.6 Å². The Bertz CT molecular complexity index is 333. The fourth-order valence-electron chi connectivity index (χ4n) is 1.54. The Morgan fingerprint density at radius 2 is 2.00 bits per heavy atom. The van der Waals surface area contributed by atoms with E-state index in [0.717, 1.165) is 18.2 Å². The van der Waals surface area contributed by atoms with Crippen molar-refractivity contribution in [3.63, 3.8) is 0 Å². The van der Waals surface area contributed by atoms with Gasteiger partial charge in [-0.3, -0.25) is 4.79 Å². The van der Waals surface area contributed by atoms with Crippen molar-refractivity contribution < 1.29 is 4.79 Å². The van der Waals surface area contributed by atoms with Crippen LogP contribution in [0.3, 0.4) is 0 Å². The highest BCUT2D eigenvalue weighted by molar-refractivity contribution is 5.76. The summed E-state index contributed by atoms with van der Waals surface area (Å²) in [7, 11) is 0. The molecule has 1 aliphatic carbocycles. The summed E-state index contributed by atoms with van der Waals surface area (Å²) in [6, 6.07) is 9.95. The van der Waals surface area contributed by atoms with Crippen molar-refractivity contribution in [2.24, 2.45) is 5.92 Å². The average Bonchev–Trinajstić information content (AvgIpc) is 3.12. The molecule has 0 unspecified atom stereocenters. The van der Waals surface area contributed by atoms with Crippen LogP contribution in [0.5, 0.6) is 0 Å². The lowest BCUT2D eigenvalue weighted by atomic mass is 10.3. The molecule has 86 valence electrons. The number of carbonyl (C=O) groups excluding carboxylic acids is 1. The molecule has 0 aliphatic heterocycles. The Morgan fingerprint density at radius 1 is 1.25 bits per heavy atom. The summed E-state index contributed by atoms with van der Waals surface area (Å²) in [6.07, 6.45) is 3.10. The lowest BCUT2D eigenvalue weighted by Crippen LogP contribution is -2.27. The Balaban J connectivity index is 1.58. The summed E-state index contributed by atoms with van der Waals surface area (Å²) in [6.45, 7) is 1.56. The third kappa shape index (κ3) is 3.93. The molecule has 3 nitrogen and oxygen atoms in total. The molecular weight excluding hydrogens is 200 g/mol. The second-order valence-electron chi connectivity index (χ2n) is 4.29. The molecule has 0 heterocycles. The van der Waals surface area contributed by atoms with Crippen LogP contribution in [0.4, 0.5) is 5.69 Å². The van der Waals surface area contributed by atoms with Crippen molar-refractivity contribution in [2.45, 2.75) is 19.3 Å². The number of hydrogen-bond donors (Lipinski definition) is 2. The summed E-state index contributed by atoms with van der Waals surface area (Å²) in [5.74, 6) is 0.904. The first-order chi connectivity index (χ1) is 7.84. The van der Waals surface area contributed by atoms with Crippen LogP contribution in [0.15, 0.2) is 30.3 Å². The molecule has 1 aromatic carbocycles. The second-order valence-corrected chi connectivity index (χ2v) is 4.29. The van der Waals surface area contributed by atoms with Gasteiger partial charge in [-0.1, -0.05) is 18.2 Å². The van der Waals surface area contributed by atoms with Crippen LogP contribution in [0.25, 0.3) is 0 Å². The standard InChI is InChI=1S/C13H18N2O/c16-13(15-10-11-6-7-11)8-9-14-12-4-2-1-3-5-12/h1-5,11,14H,6-10H2,(H,15,16). The van der Waals surface area contributed by atoms with E-state index in [1.807, 2.05) is 30.3 Å². The van der Waals surface area contributed by atoms with Crippen LogP contribution >= 0.6 is 0 Å². The van der Waals surface area contributed by atoms with Crippen LogP contribution in [-0.2, 0) is 4.79 Å². The molecule has 1 aromatic rings. The van der Waals surface area contributed by atoms with E-state index in [-0.39, 0.29) is 5.91 Å². The lowest BCUT2D eigenvalue weighted by molar-refractivity contribution is -0.120. The summed E-state index contributed by atoms with van der Waals surface area (Å²) in [5.41, 5.74) is 1.07. The van der Waals surface area contributed by atoms with Gasteiger partial charge in [0.2, 0.25) is 5.91 Å². The van der Waals surface area contributed by atoms with Gasteiger partial charge in [0.25, 0.3) is 0 Å². The number of carbonyl (C=O) groups is 1. The average molecular weight is 218 g/mol. The zero-order valence-corrected chi connectivity index (χ0v) is 9.41. The molecule has 2 rings (SSSR count). The van der Waals surface area contributed by atoms with Gasteiger partial charge in [-0.2, -0.15) is 0 Å². The molecule has 3 heteroatoms. The van der Waals surface area contributed by atoms with Crippen LogP contribution in [-0.4, -0.2) is 19.0 Å². The topological polar surface area (TPSA) is 41.1 Å². The number of amides is 1. The van der Waals surface area contributed by atoms with Gasteiger partial charge in [0, 0.05) is 25.2 Å². The number of para-hydroxylation sites is 1. The molecule has 0 spiro atoms. The molecule has 0 atom stereocenters. The zero-order chi connectivity index (χ0) is 11.2. The van der Waals surface area contributed by atoms with Gasteiger partial charge < -0.3 is 10.6 Å². The normalized spacial score (nSPS) is 14.5. The van der Waals surface area contributed by atoms with Crippen LogP contribution in [0, 0.1) is 5.92 Å². The maximum absolute atomic E-state index is 11.4. The van der Waals surface area contributed by atoms with Gasteiger partial charge in [-0.15, -0.1) is 0 Å². The maximum Gasteiger partial charge on any atom is 0.221 e. The van der Waals surface area contributed by atoms with Crippen LogP contribution < -0.4 is 10.6 Å². The van der Waals surface area contributed by atoms with E-state index in [9.17, 15) is 4.79 Å². The molecule has 0 bridgehead atoms. The number of hydrogen-bond acceptors (Lipinski definition) is 2. The molecule has 16 heavy (non-hydrogen) atoms. The molecular formula is C13H18N2O. The van der Waals surface area contributed by atoms with E-state index in [4.69, 9.17) is 0 Å². The van der Waals surface area contributed by atoms with Gasteiger partial charge >= 0.3 is 0 Å². The predicted molar refractivity (Wildman–Crippen MR) is 65.3 cm³/mol. The van der Waals surface area contributed by atoms with E-state index in [0.29, 0.717) is 13.0 Å². The minimum Gasteiger partial charge on any atom is -0.385 e. The van der Waals surface area contributed by atoms with Crippen LogP contribution in [0.1, 0.15) is 19.3 Å². The third-order valence-corrected chi connectivity index (χ3v) is 2.74. The first-order valence-electron chi connectivity index (χ1n) is 5.90. The van der Waals surface area contributed by atoms with Gasteiger partial charge in [-0.25, -0.2) is 0 Å². The van der Waals surface area contributed by atoms with E-state index in [1.165, 1.54) is 12.8 Å². The highest BCUT2D eigenvalue weighted by atomic mass is 16.1. The van der Waals surface area contributed by atoms with Crippen molar-refractivity contribution in [1.29, 1.82) is 0 Å². The van der Waals surface area contributed by atoms with Crippen molar-refractivity contribution in [1.82, 2.24) is 5.32 Å². The van der Waals surface area contributed by atoms with E-state index >= 15 is 0 Å². The Hall–Kier alpha value is -1.51. The summed E-state index contributed by atoms with van der Waals surface area (Å²) in [5, 5.41) is 6.17. The molecule has 0 radical (unpaired) electrons. The van der Waals surface area contributed by atoms with Gasteiger partial charge in [0.05, 0.1) is 0 Å². The predicted octanol–water partition coefficient (Wildman–Crippen LogP) is 2.01. The molecule has 2 N–H and O–H groups in total. The second kappa shape index (κ2) is 5.54. The quantitative estimate of drug-likeness (QED) is 0.767. The van der Waals surface area contributed by atoms with Crippen molar-refractivity contribution >= 4 is 11.6 Å². The first-order valence-corrected chi connectivity index (χ1v) is 5.90. The van der Waals surface area contributed by atoms with Crippen molar-refractivity contribution in [2.75, 3.05) is 18.4 Å². The number of benzene rings is 1. The minimum atomic E-state index is 0.148. The molecule has 1 saturated carbocycles. The Labute approximate surface area is 96.2 Å². The summed E-state index contributed by atoms with van der Waals surface area (Å²) < 4.78 is 0. The SMILES string of the molecule is O=C(CCNc1ccccc1)NCC1CC1. The van der Waals surface area contributed by atoms with Crippen molar-refractivity contribution in [3.05, 3.63) is 30.3 Å². The zero-order valence-electron chi connectivity index (χ0n) is 9.41.